The largest absolute Gasteiger partial charge is 0.295 e. The van der Waals surface area contributed by atoms with Crippen LogP contribution in [0.25, 0.3) is 12.2 Å². The first-order chi connectivity index (χ1) is 13.1. The van der Waals surface area contributed by atoms with Crippen LogP contribution in [-0.4, -0.2) is 36.3 Å². The average molecular weight is 455 g/mol. The number of benzene rings is 2. The van der Waals surface area contributed by atoms with Crippen LogP contribution in [0.4, 0.5) is 11.4 Å². The molecule has 0 radical (unpaired) electrons. The second-order valence-corrected chi connectivity index (χ2v) is 8.28. The van der Waals surface area contributed by atoms with Gasteiger partial charge >= 0.3 is 0 Å². The zero-order valence-corrected chi connectivity index (χ0v) is 16.9. The number of hydrogen-bond acceptors (Lipinski definition) is 8. The van der Waals surface area contributed by atoms with Gasteiger partial charge in [-0.25, -0.2) is 0 Å². The van der Waals surface area contributed by atoms with Crippen molar-refractivity contribution in [3.8, 4) is 0 Å². The fourth-order valence-electron chi connectivity index (χ4n) is 2.19. The zero-order valence-electron chi connectivity index (χ0n) is 13.7. The molecule has 0 aromatic heterocycles. The van der Waals surface area contributed by atoms with Gasteiger partial charge in [-0.05, 0) is 59.8 Å². The summed E-state index contributed by atoms with van der Waals surface area (Å²) in [6.45, 7) is 0. The summed E-state index contributed by atoms with van der Waals surface area (Å²) in [5, 5.41) is 4.16. The standard InChI is InChI=1S/C16H10N2O6S4/c19-27(20,21)15-7-13(17-9-25)5-3-11(15)1-2-12-4-6-14(18-10-26)8-16(12)28(22,23)24/h1-8H,(H,19,20,21)(H,22,23,24)/b2-1-. The first kappa shape index (κ1) is 21.9. The number of aliphatic imine (C=N–C) groups is 2. The van der Waals surface area contributed by atoms with Crippen molar-refractivity contribution in [2.75, 3.05) is 0 Å². The van der Waals surface area contributed by atoms with Crippen LogP contribution in [0.2, 0.25) is 0 Å². The van der Waals surface area contributed by atoms with Gasteiger partial charge in [0.05, 0.1) is 21.7 Å². The van der Waals surface area contributed by atoms with E-state index in [1.165, 1.54) is 36.4 Å². The highest BCUT2D eigenvalue weighted by molar-refractivity contribution is 7.86. The van der Waals surface area contributed by atoms with Gasteiger partial charge in [-0.1, -0.05) is 24.3 Å². The monoisotopic (exact) mass is 454 g/mol. The topological polar surface area (TPSA) is 133 Å². The summed E-state index contributed by atoms with van der Waals surface area (Å²) in [4.78, 5) is 6.35. The van der Waals surface area contributed by atoms with Crippen molar-refractivity contribution >= 4 is 78.5 Å². The van der Waals surface area contributed by atoms with Crippen molar-refractivity contribution in [3.05, 3.63) is 47.5 Å². The van der Waals surface area contributed by atoms with Crippen molar-refractivity contribution in [2.24, 2.45) is 9.98 Å². The Bertz CT molecular complexity index is 1170. The molecule has 0 spiro atoms. The molecule has 0 fully saturated rings. The van der Waals surface area contributed by atoms with Gasteiger partial charge in [-0.15, -0.1) is 0 Å². The maximum atomic E-state index is 11.6. The predicted octanol–water partition coefficient (Wildman–Crippen LogP) is 3.82. The van der Waals surface area contributed by atoms with E-state index in [1.54, 1.807) is 0 Å². The quantitative estimate of drug-likeness (QED) is 0.291. The van der Waals surface area contributed by atoms with E-state index in [9.17, 15) is 25.9 Å². The van der Waals surface area contributed by atoms with Crippen molar-refractivity contribution in [2.45, 2.75) is 9.79 Å². The summed E-state index contributed by atoms with van der Waals surface area (Å²) in [5.41, 5.74) is 0.405. The molecule has 0 aliphatic rings. The third-order valence-electron chi connectivity index (χ3n) is 3.34. The summed E-state index contributed by atoms with van der Waals surface area (Å²) >= 11 is 8.91. The molecule has 0 saturated carbocycles. The Morgan fingerprint density at radius 2 is 1.11 bits per heavy atom. The van der Waals surface area contributed by atoms with Crippen LogP contribution in [0.1, 0.15) is 11.1 Å². The van der Waals surface area contributed by atoms with Crippen LogP contribution in [0.5, 0.6) is 0 Å². The van der Waals surface area contributed by atoms with E-state index >= 15 is 0 Å². The van der Waals surface area contributed by atoms with Crippen molar-refractivity contribution in [1.29, 1.82) is 0 Å². The Kier molecular flexibility index (Phi) is 6.83. The van der Waals surface area contributed by atoms with Crippen molar-refractivity contribution < 1.29 is 25.9 Å². The van der Waals surface area contributed by atoms with Gasteiger partial charge in [0.15, 0.2) is 0 Å². The fraction of sp³-hybridized carbons (Fsp3) is 0. The number of rotatable bonds is 6. The highest BCUT2D eigenvalue weighted by atomic mass is 32.2. The minimum atomic E-state index is -4.61. The van der Waals surface area contributed by atoms with E-state index < -0.39 is 30.0 Å². The lowest BCUT2D eigenvalue weighted by Gasteiger charge is -2.06. The lowest BCUT2D eigenvalue weighted by atomic mass is 10.1. The molecule has 2 aromatic carbocycles. The van der Waals surface area contributed by atoms with Crippen molar-refractivity contribution in [1.82, 2.24) is 0 Å². The molecule has 2 N–H and O–H groups in total. The van der Waals surface area contributed by atoms with E-state index in [0.717, 1.165) is 12.1 Å². The minimum Gasteiger partial charge on any atom is -0.282 e. The minimum absolute atomic E-state index is 0.0492. The van der Waals surface area contributed by atoms with Crippen LogP contribution in [-0.2, 0) is 20.2 Å². The molecule has 0 aliphatic carbocycles. The van der Waals surface area contributed by atoms with Gasteiger partial charge in [-0.2, -0.15) is 26.8 Å². The molecule has 0 bridgehead atoms. The third kappa shape index (κ3) is 5.55. The predicted molar refractivity (Wildman–Crippen MR) is 111 cm³/mol. The highest BCUT2D eigenvalue weighted by Gasteiger charge is 2.17. The van der Waals surface area contributed by atoms with Crippen LogP contribution in [0.15, 0.2) is 56.2 Å². The molecule has 0 saturated heterocycles. The first-order valence-electron chi connectivity index (χ1n) is 7.13. The number of thiocarbonyl (C=S) groups is 2. The first-order valence-corrected chi connectivity index (χ1v) is 10.8. The molecule has 2 aromatic rings. The maximum absolute atomic E-state index is 11.6. The normalized spacial score (nSPS) is 11.6. The average Bonchev–Trinajstić information content (AvgIpc) is 2.60. The van der Waals surface area contributed by atoms with E-state index in [2.05, 4.69) is 44.7 Å². The number of nitrogens with zero attached hydrogens (tertiary/aromatic N) is 2. The summed E-state index contributed by atoms with van der Waals surface area (Å²) in [7, 11) is -9.21. The molecule has 2 rings (SSSR count). The van der Waals surface area contributed by atoms with E-state index in [1.807, 2.05) is 0 Å². The Balaban J connectivity index is 2.63. The molecule has 0 atom stereocenters. The molecule has 12 heteroatoms. The van der Waals surface area contributed by atoms with Gasteiger partial charge in [-0.3, -0.25) is 9.11 Å². The van der Waals surface area contributed by atoms with Gasteiger partial charge < -0.3 is 0 Å². The highest BCUT2D eigenvalue weighted by Crippen LogP contribution is 2.27. The fourth-order valence-corrected chi connectivity index (χ4v) is 3.81. The Morgan fingerprint density at radius 1 is 0.750 bits per heavy atom. The molecule has 0 aliphatic heterocycles. The van der Waals surface area contributed by atoms with Gasteiger partial charge in [0.1, 0.15) is 9.79 Å². The summed E-state index contributed by atoms with van der Waals surface area (Å²) in [5.74, 6) is 0. The molecule has 8 nitrogen and oxygen atoms in total. The van der Waals surface area contributed by atoms with E-state index in [-0.39, 0.29) is 22.5 Å². The maximum Gasteiger partial charge on any atom is 0.295 e. The molecule has 28 heavy (non-hydrogen) atoms. The number of isothiocyanates is 2. The molecule has 144 valence electrons. The molecular formula is C16H10N2O6S4. The summed E-state index contributed by atoms with van der Waals surface area (Å²) in [6.07, 6.45) is 2.50. The van der Waals surface area contributed by atoms with E-state index in [4.69, 9.17) is 0 Å². The lowest BCUT2D eigenvalue weighted by Crippen LogP contribution is -2.01. The summed E-state index contributed by atoms with van der Waals surface area (Å²) < 4.78 is 65.4. The van der Waals surface area contributed by atoms with E-state index in [0.29, 0.717) is 0 Å². The van der Waals surface area contributed by atoms with Crippen LogP contribution >= 0.6 is 24.4 Å². The third-order valence-corrected chi connectivity index (χ3v) is 5.34. The lowest BCUT2D eigenvalue weighted by molar-refractivity contribution is 0.480. The van der Waals surface area contributed by atoms with Crippen LogP contribution < -0.4 is 0 Å². The van der Waals surface area contributed by atoms with Crippen LogP contribution in [0.3, 0.4) is 0 Å². The van der Waals surface area contributed by atoms with Crippen LogP contribution in [0, 0.1) is 0 Å². The SMILES string of the molecule is O=S(=O)(O)c1cc(N=C=S)ccc1/C=C\c1ccc(N=C=S)cc1S(=O)(=O)O. The molecule has 0 amide bonds. The summed E-state index contributed by atoms with van der Waals surface area (Å²) in [6, 6.07) is 7.68. The molecule has 0 unspecified atom stereocenters. The molecular weight excluding hydrogens is 444 g/mol. The second-order valence-electron chi connectivity index (χ2n) is 5.13. The Hall–Kier alpha value is -2.40. The van der Waals surface area contributed by atoms with Gasteiger partial charge in [0, 0.05) is 0 Å². The Morgan fingerprint density at radius 3 is 1.39 bits per heavy atom. The Labute approximate surface area is 171 Å². The molecule has 0 heterocycles. The van der Waals surface area contributed by atoms with Crippen molar-refractivity contribution in [3.63, 3.8) is 0 Å². The smallest absolute Gasteiger partial charge is 0.282 e. The van der Waals surface area contributed by atoms with Gasteiger partial charge in [0.2, 0.25) is 0 Å². The number of hydrogen-bond donors (Lipinski definition) is 2. The second kappa shape index (κ2) is 8.74. The zero-order chi connectivity index (χ0) is 20.9. The van der Waals surface area contributed by atoms with Gasteiger partial charge in [0.25, 0.3) is 20.2 Å².